The van der Waals surface area contributed by atoms with Crippen molar-refractivity contribution in [3.8, 4) is 0 Å². The minimum Gasteiger partial charge on any atom is -0.465 e. The van der Waals surface area contributed by atoms with Crippen LogP contribution >= 0.6 is 0 Å². The number of hydrogen-bond acceptors (Lipinski definition) is 3. The number of carbonyl (C=O) groups is 2. The molecule has 2 aliphatic rings. The minimum atomic E-state index is -0.567. The number of ether oxygens (including phenoxy) is 1. The van der Waals surface area contributed by atoms with Crippen LogP contribution in [-0.4, -0.2) is 18.5 Å². The summed E-state index contributed by atoms with van der Waals surface area (Å²) in [7, 11) is 0. The van der Waals surface area contributed by atoms with Gasteiger partial charge in [-0.2, -0.15) is 0 Å². The van der Waals surface area contributed by atoms with Crippen LogP contribution in [0.15, 0.2) is 11.8 Å². The van der Waals surface area contributed by atoms with E-state index in [1.807, 2.05) is 13.0 Å². The number of piperidine rings is 1. The van der Waals surface area contributed by atoms with Gasteiger partial charge >= 0.3 is 5.97 Å². The summed E-state index contributed by atoms with van der Waals surface area (Å²) < 4.78 is 5.15. The van der Waals surface area contributed by atoms with Crippen molar-refractivity contribution in [2.24, 2.45) is 5.41 Å². The molecule has 1 atom stereocenters. The lowest BCUT2D eigenvalue weighted by Gasteiger charge is -2.39. The molecule has 0 aromatic carbocycles. The molecule has 1 N–H and O–H groups in total. The van der Waals surface area contributed by atoms with Crippen LogP contribution in [0.4, 0.5) is 0 Å². The molecule has 4 heteroatoms. The Labute approximate surface area is 95.0 Å². The van der Waals surface area contributed by atoms with E-state index in [4.69, 9.17) is 4.74 Å². The number of esters is 1. The number of allylic oxidation sites excluding steroid dienone is 1. The molecular formula is C12H17NO3. The summed E-state index contributed by atoms with van der Waals surface area (Å²) in [6, 6.07) is 0. The highest BCUT2D eigenvalue weighted by Gasteiger charge is 2.47. The van der Waals surface area contributed by atoms with Gasteiger partial charge in [0.05, 0.1) is 6.61 Å². The van der Waals surface area contributed by atoms with Crippen molar-refractivity contribution in [3.63, 3.8) is 0 Å². The van der Waals surface area contributed by atoms with Crippen LogP contribution in [-0.2, 0) is 14.3 Å². The van der Waals surface area contributed by atoms with E-state index in [-0.39, 0.29) is 11.9 Å². The van der Waals surface area contributed by atoms with Crippen molar-refractivity contribution in [2.45, 2.75) is 39.0 Å². The number of amides is 1. The van der Waals surface area contributed by atoms with E-state index in [0.29, 0.717) is 19.4 Å². The second-order valence-corrected chi connectivity index (χ2v) is 4.36. The molecule has 0 aromatic heterocycles. The molecule has 0 spiro atoms. The molecule has 1 aliphatic heterocycles. The van der Waals surface area contributed by atoms with Crippen LogP contribution in [0.25, 0.3) is 0 Å². The van der Waals surface area contributed by atoms with Gasteiger partial charge in [-0.3, -0.25) is 9.59 Å². The lowest BCUT2D eigenvalue weighted by Crippen LogP contribution is -2.47. The maximum absolute atomic E-state index is 12.0. The summed E-state index contributed by atoms with van der Waals surface area (Å²) in [4.78, 5) is 23.4. The molecule has 0 unspecified atom stereocenters. The van der Waals surface area contributed by atoms with Gasteiger partial charge in [0.2, 0.25) is 5.91 Å². The Morgan fingerprint density at radius 2 is 2.38 bits per heavy atom. The SMILES string of the molecule is CCOC(=O)[C@]12CCCC=C1NC(=O)CC2. The molecule has 1 saturated heterocycles. The zero-order chi connectivity index (χ0) is 11.6. The second-order valence-electron chi connectivity index (χ2n) is 4.36. The summed E-state index contributed by atoms with van der Waals surface area (Å²) in [5.41, 5.74) is 0.204. The largest absolute Gasteiger partial charge is 0.465 e. The standard InChI is InChI=1S/C12H17NO3/c1-2-16-11(15)12-7-4-3-5-9(12)13-10(14)6-8-12/h5H,2-4,6-8H2,1H3,(H,13,14)/t12-/m0/s1. The highest BCUT2D eigenvalue weighted by molar-refractivity contribution is 5.88. The minimum absolute atomic E-state index is 0.00748. The van der Waals surface area contributed by atoms with Crippen molar-refractivity contribution in [3.05, 3.63) is 11.8 Å². The van der Waals surface area contributed by atoms with Crippen LogP contribution < -0.4 is 5.32 Å². The summed E-state index contributed by atoms with van der Waals surface area (Å²) in [5.74, 6) is -0.172. The molecule has 4 nitrogen and oxygen atoms in total. The predicted molar refractivity (Wildman–Crippen MR) is 58.4 cm³/mol. The normalized spacial score (nSPS) is 28.8. The maximum atomic E-state index is 12.0. The van der Waals surface area contributed by atoms with Crippen LogP contribution in [0.5, 0.6) is 0 Å². The van der Waals surface area contributed by atoms with Crippen molar-refractivity contribution in [1.29, 1.82) is 0 Å². The third-order valence-corrected chi connectivity index (χ3v) is 3.39. The first-order valence-electron chi connectivity index (χ1n) is 5.87. The molecule has 0 bridgehead atoms. The average Bonchev–Trinajstić information content (AvgIpc) is 2.29. The van der Waals surface area contributed by atoms with Gasteiger partial charge in [0, 0.05) is 12.1 Å². The average molecular weight is 223 g/mol. The van der Waals surface area contributed by atoms with E-state index in [2.05, 4.69) is 5.32 Å². The molecule has 1 heterocycles. The first-order chi connectivity index (χ1) is 7.69. The summed E-state index contributed by atoms with van der Waals surface area (Å²) in [5, 5.41) is 2.82. The van der Waals surface area contributed by atoms with E-state index >= 15 is 0 Å². The maximum Gasteiger partial charge on any atom is 0.318 e. The molecule has 88 valence electrons. The number of carbonyl (C=O) groups excluding carboxylic acids is 2. The summed E-state index contributed by atoms with van der Waals surface area (Å²) >= 11 is 0. The molecule has 1 fully saturated rings. The Bertz CT molecular complexity index is 348. The Morgan fingerprint density at radius 1 is 1.56 bits per heavy atom. The highest BCUT2D eigenvalue weighted by Crippen LogP contribution is 2.43. The first kappa shape index (κ1) is 11.2. The van der Waals surface area contributed by atoms with Gasteiger partial charge in [-0.05, 0) is 32.6 Å². The fraction of sp³-hybridized carbons (Fsp3) is 0.667. The molecule has 0 saturated carbocycles. The monoisotopic (exact) mass is 223 g/mol. The topological polar surface area (TPSA) is 55.4 Å². The summed E-state index contributed by atoms with van der Waals surface area (Å²) in [6.07, 6.45) is 5.67. The predicted octanol–water partition coefficient (Wildman–Crippen LogP) is 1.51. The second kappa shape index (κ2) is 4.28. The number of hydrogen-bond donors (Lipinski definition) is 1. The van der Waals surface area contributed by atoms with Gasteiger partial charge in [0.1, 0.15) is 5.41 Å². The van der Waals surface area contributed by atoms with Crippen molar-refractivity contribution in [2.75, 3.05) is 6.61 Å². The van der Waals surface area contributed by atoms with Crippen LogP contribution in [0.2, 0.25) is 0 Å². The van der Waals surface area contributed by atoms with Crippen LogP contribution in [0.1, 0.15) is 39.0 Å². The Kier molecular flexibility index (Phi) is 2.99. The van der Waals surface area contributed by atoms with E-state index in [0.717, 1.165) is 25.0 Å². The number of nitrogens with one attached hydrogen (secondary N) is 1. The van der Waals surface area contributed by atoms with E-state index in [1.165, 1.54) is 0 Å². The van der Waals surface area contributed by atoms with Gasteiger partial charge in [0.15, 0.2) is 0 Å². The quantitative estimate of drug-likeness (QED) is 0.722. The lowest BCUT2D eigenvalue weighted by molar-refractivity contribution is -0.155. The van der Waals surface area contributed by atoms with E-state index < -0.39 is 5.41 Å². The third-order valence-electron chi connectivity index (χ3n) is 3.39. The van der Waals surface area contributed by atoms with Gasteiger partial charge in [-0.25, -0.2) is 0 Å². The molecule has 1 amide bonds. The van der Waals surface area contributed by atoms with Crippen LogP contribution in [0.3, 0.4) is 0 Å². The Balaban J connectivity index is 2.27. The zero-order valence-corrected chi connectivity index (χ0v) is 9.54. The lowest BCUT2D eigenvalue weighted by atomic mass is 9.70. The molecule has 2 rings (SSSR count). The molecule has 1 aliphatic carbocycles. The van der Waals surface area contributed by atoms with Gasteiger partial charge in [0.25, 0.3) is 0 Å². The first-order valence-corrected chi connectivity index (χ1v) is 5.87. The zero-order valence-electron chi connectivity index (χ0n) is 9.54. The van der Waals surface area contributed by atoms with E-state index in [1.54, 1.807) is 0 Å². The van der Waals surface area contributed by atoms with Crippen molar-refractivity contribution in [1.82, 2.24) is 5.32 Å². The fourth-order valence-corrected chi connectivity index (χ4v) is 2.53. The molecule has 0 radical (unpaired) electrons. The Hall–Kier alpha value is -1.32. The van der Waals surface area contributed by atoms with Crippen LogP contribution in [0, 0.1) is 5.41 Å². The molecule has 0 aromatic rings. The van der Waals surface area contributed by atoms with Gasteiger partial charge < -0.3 is 10.1 Å². The van der Waals surface area contributed by atoms with Crippen molar-refractivity contribution >= 4 is 11.9 Å². The van der Waals surface area contributed by atoms with E-state index in [9.17, 15) is 9.59 Å². The third kappa shape index (κ3) is 1.72. The highest BCUT2D eigenvalue weighted by atomic mass is 16.5. The molecule has 16 heavy (non-hydrogen) atoms. The number of rotatable bonds is 2. The fourth-order valence-electron chi connectivity index (χ4n) is 2.53. The van der Waals surface area contributed by atoms with Gasteiger partial charge in [-0.15, -0.1) is 0 Å². The smallest absolute Gasteiger partial charge is 0.318 e. The Morgan fingerprint density at radius 3 is 3.12 bits per heavy atom. The number of fused-ring (bicyclic) bond motifs is 1. The van der Waals surface area contributed by atoms with Gasteiger partial charge in [-0.1, -0.05) is 6.08 Å². The molecular weight excluding hydrogens is 206 g/mol. The van der Waals surface area contributed by atoms with Crippen molar-refractivity contribution < 1.29 is 14.3 Å². The summed E-state index contributed by atoms with van der Waals surface area (Å²) in [6.45, 7) is 2.20.